The molecule has 2 heterocycles. The largest absolute Gasteiger partial charge is 0.496 e. The number of thioether (sulfide) groups is 1. The number of hydrogen-bond donors (Lipinski definition) is 2. The summed E-state index contributed by atoms with van der Waals surface area (Å²) in [7, 11) is 3.20. The fourth-order valence-electron chi connectivity index (χ4n) is 4.30. The van der Waals surface area contributed by atoms with Crippen molar-refractivity contribution in [1.29, 1.82) is 0 Å². The number of methoxy groups -OCH3 is 2. The SMILES string of the molecule is CC[C@H](SC1=Nc2ccccc2C2=N[C@@H](CC(=O)NCc3ccccc3OC)C(=O)N12)C(=O)NCCCOC. The number of nitrogens with zero attached hydrogens (tertiary/aromatic N) is 3. The second-order valence-electron chi connectivity index (χ2n) is 9.00. The lowest BCUT2D eigenvalue weighted by Crippen LogP contribution is -2.44. The number of rotatable bonds is 12. The molecular formula is C28H33N5O5S. The number of benzene rings is 2. The van der Waals surface area contributed by atoms with Gasteiger partial charge >= 0.3 is 0 Å². The number of para-hydroxylation sites is 2. The Labute approximate surface area is 232 Å². The van der Waals surface area contributed by atoms with Crippen LogP contribution in [-0.2, 0) is 25.7 Å². The van der Waals surface area contributed by atoms with Crippen molar-refractivity contribution in [2.45, 2.75) is 44.0 Å². The number of fused-ring (bicyclic) bond motifs is 3. The predicted molar refractivity (Wildman–Crippen MR) is 151 cm³/mol. The monoisotopic (exact) mass is 551 g/mol. The van der Waals surface area contributed by atoms with E-state index in [2.05, 4.69) is 15.6 Å². The van der Waals surface area contributed by atoms with Crippen molar-refractivity contribution in [3.05, 3.63) is 59.7 Å². The second kappa shape index (κ2) is 13.4. The number of nitrogens with one attached hydrogen (secondary N) is 2. The Hall–Kier alpha value is -3.70. The van der Waals surface area contributed by atoms with Gasteiger partial charge in [0.25, 0.3) is 5.91 Å². The van der Waals surface area contributed by atoms with Crippen LogP contribution in [0.2, 0.25) is 0 Å². The summed E-state index contributed by atoms with van der Waals surface area (Å²) in [4.78, 5) is 50.1. The number of aliphatic imine (C=N–C) groups is 2. The molecule has 0 saturated heterocycles. The molecule has 2 aromatic rings. The number of carbonyl (C=O) groups excluding carboxylic acids is 3. The smallest absolute Gasteiger partial charge is 0.259 e. The van der Waals surface area contributed by atoms with Crippen LogP contribution in [0.25, 0.3) is 0 Å². The van der Waals surface area contributed by atoms with Crippen molar-refractivity contribution in [1.82, 2.24) is 15.5 Å². The minimum Gasteiger partial charge on any atom is -0.496 e. The van der Waals surface area contributed by atoms with Gasteiger partial charge in [0.15, 0.2) is 5.17 Å². The first-order chi connectivity index (χ1) is 19.0. The van der Waals surface area contributed by atoms with Crippen LogP contribution in [0.15, 0.2) is 58.5 Å². The summed E-state index contributed by atoms with van der Waals surface area (Å²) in [5.74, 6) is 0.358. The molecule has 2 aliphatic heterocycles. The van der Waals surface area contributed by atoms with E-state index in [0.717, 1.165) is 5.56 Å². The van der Waals surface area contributed by atoms with Gasteiger partial charge in [0, 0.05) is 37.9 Å². The fraction of sp³-hybridized carbons (Fsp3) is 0.393. The average molecular weight is 552 g/mol. The van der Waals surface area contributed by atoms with E-state index in [9.17, 15) is 14.4 Å². The summed E-state index contributed by atoms with van der Waals surface area (Å²) in [6.45, 7) is 3.25. The van der Waals surface area contributed by atoms with E-state index in [4.69, 9.17) is 14.5 Å². The number of amidine groups is 2. The van der Waals surface area contributed by atoms with E-state index >= 15 is 0 Å². The Bertz CT molecular complexity index is 1280. The van der Waals surface area contributed by atoms with Crippen molar-refractivity contribution in [3.8, 4) is 5.75 Å². The van der Waals surface area contributed by atoms with Gasteiger partial charge in [0.05, 0.1) is 24.5 Å². The molecule has 3 amide bonds. The molecule has 0 spiro atoms. The van der Waals surface area contributed by atoms with Gasteiger partial charge in [-0.25, -0.2) is 9.89 Å². The molecule has 0 saturated carbocycles. The van der Waals surface area contributed by atoms with Crippen LogP contribution in [0.4, 0.5) is 5.69 Å². The Balaban J connectivity index is 1.48. The number of ether oxygens (including phenoxy) is 2. The lowest BCUT2D eigenvalue weighted by Gasteiger charge is -2.27. The maximum Gasteiger partial charge on any atom is 0.259 e. The van der Waals surface area contributed by atoms with Gasteiger partial charge in [0.2, 0.25) is 11.8 Å². The summed E-state index contributed by atoms with van der Waals surface area (Å²) >= 11 is 1.23. The van der Waals surface area contributed by atoms with Gasteiger partial charge in [-0.05, 0) is 31.0 Å². The molecule has 39 heavy (non-hydrogen) atoms. The molecule has 0 fully saturated rings. The van der Waals surface area contributed by atoms with Crippen molar-refractivity contribution in [3.63, 3.8) is 0 Å². The van der Waals surface area contributed by atoms with Crippen LogP contribution in [-0.4, -0.2) is 72.3 Å². The van der Waals surface area contributed by atoms with Crippen LogP contribution in [0.5, 0.6) is 5.75 Å². The number of hydrogen-bond acceptors (Lipinski definition) is 8. The minimum atomic E-state index is -0.891. The molecule has 4 rings (SSSR count). The maximum absolute atomic E-state index is 13.6. The Morgan fingerprint density at radius 3 is 2.64 bits per heavy atom. The summed E-state index contributed by atoms with van der Waals surface area (Å²) in [6.07, 6.45) is 1.15. The highest BCUT2D eigenvalue weighted by atomic mass is 32.2. The molecule has 0 radical (unpaired) electrons. The van der Waals surface area contributed by atoms with Gasteiger partial charge in [-0.2, -0.15) is 0 Å². The van der Waals surface area contributed by atoms with E-state index in [0.29, 0.717) is 54.0 Å². The molecule has 206 valence electrons. The molecular weight excluding hydrogens is 518 g/mol. The van der Waals surface area contributed by atoms with Crippen molar-refractivity contribution in [2.75, 3.05) is 27.4 Å². The first kappa shape index (κ1) is 28.3. The summed E-state index contributed by atoms with van der Waals surface area (Å²) < 4.78 is 10.4. The highest BCUT2D eigenvalue weighted by Gasteiger charge is 2.43. The van der Waals surface area contributed by atoms with Crippen molar-refractivity contribution in [2.24, 2.45) is 9.98 Å². The third-order valence-corrected chi connectivity index (χ3v) is 7.65. The molecule has 2 aromatic carbocycles. The number of amides is 3. The molecule has 10 nitrogen and oxygen atoms in total. The van der Waals surface area contributed by atoms with Gasteiger partial charge in [-0.15, -0.1) is 0 Å². The number of carbonyl (C=O) groups is 3. The fourth-order valence-corrected chi connectivity index (χ4v) is 5.34. The highest BCUT2D eigenvalue weighted by molar-refractivity contribution is 8.15. The zero-order valence-electron chi connectivity index (χ0n) is 22.3. The Morgan fingerprint density at radius 1 is 1.10 bits per heavy atom. The van der Waals surface area contributed by atoms with Crippen molar-refractivity contribution < 1.29 is 23.9 Å². The normalized spacial score (nSPS) is 16.5. The van der Waals surface area contributed by atoms with Crippen LogP contribution in [0, 0.1) is 0 Å². The zero-order chi connectivity index (χ0) is 27.8. The lowest BCUT2D eigenvalue weighted by molar-refractivity contribution is -0.128. The van der Waals surface area contributed by atoms with Gasteiger partial charge in [-0.3, -0.25) is 19.4 Å². The van der Waals surface area contributed by atoms with Gasteiger partial charge in [-0.1, -0.05) is 49.0 Å². The summed E-state index contributed by atoms with van der Waals surface area (Å²) in [6, 6.07) is 13.9. The molecule has 0 bridgehead atoms. The van der Waals surface area contributed by atoms with Crippen molar-refractivity contribution >= 4 is 46.2 Å². The molecule has 2 aliphatic rings. The summed E-state index contributed by atoms with van der Waals surface area (Å²) in [5, 5.41) is 5.72. The first-order valence-electron chi connectivity index (χ1n) is 12.9. The van der Waals surface area contributed by atoms with E-state index in [1.165, 1.54) is 16.7 Å². The Kier molecular flexibility index (Phi) is 9.72. The van der Waals surface area contributed by atoms with E-state index in [1.54, 1.807) is 14.2 Å². The van der Waals surface area contributed by atoms with Crippen LogP contribution < -0.4 is 15.4 Å². The van der Waals surface area contributed by atoms with Crippen LogP contribution >= 0.6 is 11.8 Å². The van der Waals surface area contributed by atoms with Gasteiger partial charge < -0.3 is 20.1 Å². The molecule has 2 atom stereocenters. The lowest BCUT2D eigenvalue weighted by atomic mass is 10.1. The molecule has 0 aromatic heterocycles. The average Bonchev–Trinajstić information content (AvgIpc) is 3.28. The van der Waals surface area contributed by atoms with E-state index in [1.807, 2.05) is 55.5 Å². The third kappa shape index (κ3) is 6.66. The topological polar surface area (TPSA) is 122 Å². The minimum absolute atomic E-state index is 0.106. The molecule has 11 heteroatoms. The van der Waals surface area contributed by atoms with E-state index in [-0.39, 0.29) is 30.7 Å². The third-order valence-electron chi connectivity index (χ3n) is 6.33. The Morgan fingerprint density at radius 2 is 1.87 bits per heavy atom. The molecule has 0 unspecified atom stereocenters. The first-order valence-corrected chi connectivity index (χ1v) is 13.8. The zero-order valence-corrected chi connectivity index (χ0v) is 23.1. The maximum atomic E-state index is 13.6. The van der Waals surface area contributed by atoms with E-state index < -0.39 is 11.3 Å². The molecule has 0 aliphatic carbocycles. The predicted octanol–water partition coefficient (Wildman–Crippen LogP) is 3.02. The quantitative estimate of drug-likeness (QED) is 0.391. The van der Waals surface area contributed by atoms with Crippen LogP contribution in [0.1, 0.15) is 37.3 Å². The van der Waals surface area contributed by atoms with Gasteiger partial charge in [0.1, 0.15) is 17.6 Å². The second-order valence-corrected chi connectivity index (χ2v) is 10.2. The highest BCUT2D eigenvalue weighted by Crippen LogP contribution is 2.35. The van der Waals surface area contributed by atoms with Crippen LogP contribution in [0.3, 0.4) is 0 Å². The molecule has 2 N–H and O–H groups in total. The standard InChI is InChI=1S/C28H33N5O5S/c1-4-23(26(35)29-14-9-15-37-2)39-28-32-20-12-7-6-11-19(20)25-31-21(27(36)33(25)28)16-24(34)30-17-18-10-5-8-13-22(18)38-3/h5-8,10-13,21,23H,4,9,14-17H2,1-3H3,(H,29,35)(H,30,34)/t21-,23-/m0/s1. The summed E-state index contributed by atoms with van der Waals surface area (Å²) in [5.41, 5.74) is 2.21.